The number of guanidine groups is 1. The van der Waals surface area contributed by atoms with Gasteiger partial charge in [0.05, 0.1) is 12.6 Å². The molecule has 0 aromatic rings. The molecule has 3 atom stereocenters. The highest BCUT2D eigenvalue weighted by molar-refractivity contribution is 7.80. The largest absolute Gasteiger partial charge is 0.480 e. The third kappa shape index (κ3) is 9.47. The van der Waals surface area contributed by atoms with Gasteiger partial charge in [0.25, 0.3) is 0 Å². The van der Waals surface area contributed by atoms with Crippen molar-refractivity contribution in [2.45, 2.75) is 43.8 Å². The molecule has 12 nitrogen and oxygen atoms in total. The van der Waals surface area contributed by atoms with E-state index in [2.05, 4.69) is 38.9 Å². The Morgan fingerprint density at radius 3 is 2.48 bits per heavy atom. The van der Waals surface area contributed by atoms with Crippen molar-refractivity contribution >= 4 is 42.3 Å². The van der Waals surface area contributed by atoms with Gasteiger partial charge in [-0.3, -0.25) is 19.4 Å². The quantitative estimate of drug-likeness (QED) is 0.0686. The number of thiol groups is 1. The van der Waals surface area contributed by atoms with Crippen LogP contribution in [0.2, 0.25) is 0 Å². The minimum Gasteiger partial charge on any atom is -0.480 e. The summed E-state index contributed by atoms with van der Waals surface area (Å²) in [5, 5.41) is 19.5. The molecular weight excluding hydrogens is 402 g/mol. The van der Waals surface area contributed by atoms with Crippen molar-refractivity contribution in [2.24, 2.45) is 16.5 Å². The van der Waals surface area contributed by atoms with Crippen molar-refractivity contribution < 1.29 is 24.3 Å². The average molecular weight is 432 g/mol. The Balaban J connectivity index is 2.42. The fourth-order valence-corrected chi connectivity index (χ4v) is 2.93. The van der Waals surface area contributed by atoms with E-state index >= 15 is 0 Å². The first-order chi connectivity index (χ1) is 13.7. The topological polar surface area (TPSA) is 201 Å². The first-order valence-electron chi connectivity index (χ1n) is 9.24. The Morgan fingerprint density at radius 2 is 1.93 bits per heavy atom. The summed E-state index contributed by atoms with van der Waals surface area (Å²) in [6, 6.07) is -2.39. The van der Waals surface area contributed by atoms with Gasteiger partial charge in [-0.15, -0.1) is 0 Å². The number of nitrogens with one attached hydrogen (secondary N) is 4. The summed E-state index contributed by atoms with van der Waals surface area (Å²) in [4.78, 5) is 51.2. The number of nitrogens with two attached hydrogens (primary N) is 2. The molecule has 3 amide bonds. The van der Waals surface area contributed by atoms with Crippen LogP contribution in [0.5, 0.6) is 0 Å². The Kier molecular flexibility index (Phi) is 10.8. The molecule has 164 valence electrons. The van der Waals surface area contributed by atoms with Crippen molar-refractivity contribution in [1.29, 1.82) is 0 Å². The lowest BCUT2D eigenvalue weighted by molar-refractivity contribution is -0.142. The zero-order valence-corrected chi connectivity index (χ0v) is 16.9. The number of carboxylic acid groups (broad SMARTS) is 1. The van der Waals surface area contributed by atoms with Gasteiger partial charge in [-0.2, -0.15) is 12.6 Å². The molecule has 1 saturated heterocycles. The first kappa shape index (κ1) is 24.5. The molecule has 1 heterocycles. The van der Waals surface area contributed by atoms with E-state index < -0.39 is 36.4 Å². The zero-order chi connectivity index (χ0) is 21.8. The third-order valence-electron chi connectivity index (χ3n) is 4.19. The number of carbonyl (C=O) groups excluding carboxylic acids is 3. The SMILES string of the molecule is NC(N)=NCCCC(NC(=O)CNC(=O)C(CS)NC(=O)C1CCCN1)C(=O)O. The predicted molar refractivity (Wildman–Crippen MR) is 109 cm³/mol. The molecule has 1 aliphatic rings. The average Bonchev–Trinajstić information content (AvgIpc) is 3.20. The van der Waals surface area contributed by atoms with E-state index in [1.54, 1.807) is 0 Å². The number of carbonyl (C=O) groups is 4. The Labute approximate surface area is 174 Å². The summed E-state index contributed by atoms with van der Waals surface area (Å²) in [5.41, 5.74) is 10.4. The number of nitrogens with zero attached hydrogens (tertiary/aromatic N) is 1. The van der Waals surface area contributed by atoms with Gasteiger partial charge in [0.1, 0.15) is 12.1 Å². The monoisotopic (exact) mass is 431 g/mol. The molecule has 13 heteroatoms. The first-order valence-corrected chi connectivity index (χ1v) is 9.87. The Hall–Kier alpha value is -2.54. The second kappa shape index (κ2) is 12.8. The molecule has 29 heavy (non-hydrogen) atoms. The zero-order valence-electron chi connectivity index (χ0n) is 16.0. The fourth-order valence-electron chi connectivity index (χ4n) is 2.67. The van der Waals surface area contributed by atoms with Crippen LogP contribution in [0.3, 0.4) is 0 Å². The second-order valence-corrected chi connectivity index (χ2v) is 6.88. The molecule has 9 N–H and O–H groups in total. The molecule has 0 spiro atoms. The summed E-state index contributed by atoms with van der Waals surface area (Å²) in [6.07, 6.45) is 2.04. The number of aliphatic imine (C=N–C) groups is 1. The molecule has 1 fully saturated rings. The number of aliphatic carboxylic acids is 1. The number of hydrogen-bond acceptors (Lipinski definition) is 7. The maximum Gasteiger partial charge on any atom is 0.326 e. The molecule has 3 unspecified atom stereocenters. The molecule has 0 aliphatic carbocycles. The Morgan fingerprint density at radius 1 is 1.21 bits per heavy atom. The fraction of sp³-hybridized carbons (Fsp3) is 0.688. The molecule has 0 aromatic heterocycles. The predicted octanol–water partition coefficient (Wildman–Crippen LogP) is -3.11. The van der Waals surface area contributed by atoms with E-state index in [0.29, 0.717) is 12.8 Å². The van der Waals surface area contributed by atoms with Gasteiger partial charge >= 0.3 is 5.97 Å². The smallest absolute Gasteiger partial charge is 0.326 e. The minimum atomic E-state index is -1.21. The number of hydrogen-bond donors (Lipinski definition) is 8. The number of carboxylic acids is 1. The summed E-state index contributed by atoms with van der Waals surface area (Å²) in [7, 11) is 0. The van der Waals surface area contributed by atoms with E-state index in [1.165, 1.54) is 0 Å². The molecule has 0 radical (unpaired) electrons. The van der Waals surface area contributed by atoms with Crippen LogP contribution in [0.4, 0.5) is 0 Å². The summed E-state index contributed by atoms with van der Waals surface area (Å²) in [6.45, 7) is 0.545. The molecule has 0 aromatic carbocycles. The van der Waals surface area contributed by atoms with Gasteiger partial charge in [-0.25, -0.2) is 4.79 Å². The van der Waals surface area contributed by atoms with Crippen LogP contribution >= 0.6 is 12.6 Å². The van der Waals surface area contributed by atoms with E-state index in [9.17, 15) is 24.3 Å². The standard InChI is InChI=1S/C16H29N7O5S/c17-16(18)20-6-2-4-10(15(27)28)22-12(24)7-21-13(25)11(8-29)23-14(26)9-3-1-5-19-9/h9-11,19,29H,1-8H2,(H,21,25)(H,22,24)(H,23,26)(H,27,28)(H4,17,18,20). The molecule has 0 saturated carbocycles. The van der Waals surface area contributed by atoms with Gasteiger partial charge in [-0.1, -0.05) is 0 Å². The molecule has 1 aliphatic heterocycles. The van der Waals surface area contributed by atoms with Crippen LogP contribution in [0, 0.1) is 0 Å². The lowest BCUT2D eigenvalue weighted by Crippen LogP contribution is -2.54. The summed E-state index contributed by atoms with van der Waals surface area (Å²) < 4.78 is 0. The molecule has 1 rings (SSSR count). The maximum atomic E-state index is 12.2. The van der Waals surface area contributed by atoms with Gasteiger partial charge in [0, 0.05) is 12.3 Å². The van der Waals surface area contributed by atoms with Gasteiger partial charge in [0.15, 0.2) is 5.96 Å². The van der Waals surface area contributed by atoms with E-state index in [-0.39, 0.29) is 36.6 Å². The highest BCUT2D eigenvalue weighted by Crippen LogP contribution is 2.05. The summed E-state index contributed by atoms with van der Waals surface area (Å²) >= 11 is 4.06. The van der Waals surface area contributed by atoms with Gasteiger partial charge in [-0.05, 0) is 32.2 Å². The highest BCUT2D eigenvalue weighted by Gasteiger charge is 2.27. The van der Waals surface area contributed by atoms with Crippen molar-refractivity contribution in [3.8, 4) is 0 Å². The highest BCUT2D eigenvalue weighted by atomic mass is 32.1. The van der Waals surface area contributed by atoms with Crippen molar-refractivity contribution in [1.82, 2.24) is 21.3 Å². The molecule has 0 bridgehead atoms. The van der Waals surface area contributed by atoms with Gasteiger partial charge in [0.2, 0.25) is 17.7 Å². The van der Waals surface area contributed by atoms with Crippen molar-refractivity contribution in [3.63, 3.8) is 0 Å². The lowest BCUT2D eigenvalue weighted by atomic mass is 10.1. The van der Waals surface area contributed by atoms with Gasteiger partial charge < -0.3 is 37.8 Å². The lowest BCUT2D eigenvalue weighted by Gasteiger charge is -2.19. The minimum absolute atomic E-state index is 0.0501. The van der Waals surface area contributed by atoms with E-state index in [1.807, 2.05) is 0 Å². The van der Waals surface area contributed by atoms with E-state index in [4.69, 9.17) is 11.5 Å². The third-order valence-corrected chi connectivity index (χ3v) is 4.56. The van der Waals surface area contributed by atoms with Crippen LogP contribution in [0.1, 0.15) is 25.7 Å². The molecular formula is C16H29N7O5S. The van der Waals surface area contributed by atoms with Crippen molar-refractivity contribution in [3.05, 3.63) is 0 Å². The van der Waals surface area contributed by atoms with Crippen LogP contribution in [-0.2, 0) is 19.2 Å². The van der Waals surface area contributed by atoms with Crippen LogP contribution in [0.25, 0.3) is 0 Å². The summed E-state index contributed by atoms with van der Waals surface area (Å²) in [5.74, 6) is -2.81. The van der Waals surface area contributed by atoms with Crippen LogP contribution in [0.15, 0.2) is 4.99 Å². The van der Waals surface area contributed by atoms with Crippen molar-refractivity contribution in [2.75, 3.05) is 25.4 Å². The van der Waals surface area contributed by atoms with E-state index in [0.717, 1.165) is 13.0 Å². The number of rotatable bonds is 12. The van der Waals surface area contributed by atoms with Crippen LogP contribution in [-0.4, -0.2) is 78.3 Å². The maximum absolute atomic E-state index is 12.2. The Bertz CT molecular complexity index is 621. The van der Waals surface area contributed by atoms with Crippen LogP contribution < -0.4 is 32.7 Å². The second-order valence-electron chi connectivity index (χ2n) is 6.52. The number of amides is 3. The normalized spacial score (nSPS) is 17.6.